The van der Waals surface area contributed by atoms with Gasteiger partial charge in [0, 0.05) is 31.2 Å². The lowest BCUT2D eigenvalue weighted by atomic mass is 10.1. The molecule has 150 valence electrons. The van der Waals surface area contributed by atoms with Crippen molar-refractivity contribution in [3.8, 4) is 5.75 Å². The van der Waals surface area contributed by atoms with E-state index >= 15 is 0 Å². The number of sulfonamides is 1. The molecule has 0 aromatic heterocycles. The summed E-state index contributed by atoms with van der Waals surface area (Å²) in [6.07, 6.45) is 0. The van der Waals surface area contributed by atoms with E-state index < -0.39 is 15.6 Å². The van der Waals surface area contributed by atoms with Crippen LogP contribution in [-0.2, 0) is 14.8 Å². The minimum atomic E-state index is -3.55. The average molecular weight is 423 g/mol. The Morgan fingerprint density at radius 1 is 0.964 bits per heavy atom. The van der Waals surface area contributed by atoms with Crippen molar-refractivity contribution < 1.29 is 17.9 Å². The molecule has 0 bridgehead atoms. The molecule has 0 saturated carbocycles. The summed E-state index contributed by atoms with van der Waals surface area (Å²) in [7, 11) is -3.55. The predicted molar refractivity (Wildman–Crippen MR) is 108 cm³/mol. The van der Waals surface area contributed by atoms with Crippen LogP contribution in [0.15, 0.2) is 59.5 Å². The van der Waals surface area contributed by atoms with Gasteiger partial charge in [-0.25, -0.2) is 8.42 Å². The number of amides is 1. The van der Waals surface area contributed by atoms with Gasteiger partial charge in [0.2, 0.25) is 10.0 Å². The highest BCUT2D eigenvalue weighted by molar-refractivity contribution is 7.89. The monoisotopic (exact) mass is 422 g/mol. The van der Waals surface area contributed by atoms with Crippen LogP contribution >= 0.6 is 11.6 Å². The van der Waals surface area contributed by atoms with Crippen molar-refractivity contribution in [2.24, 2.45) is 0 Å². The molecule has 0 radical (unpaired) electrons. The van der Waals surface area contributed by atoms with Crippen molar-refractivity contribution in [2.75, 3.05) is 26.2 Å². The summed E-state index contributed by atoms with van der Waals surface area (Å²) in [6, 6.07) is 15.1. The van der Waals surface area contributed by atoms with Crippen molar-refractivity contribution >= 4 is 27.5 Å². The molecule has 0 spiro atoms. The zero-order chi connectivity index (χ0) is 20.4. The highest BCUT2D eigenvalue weighted by Crippen LogP contribution is 2.24. The Morgan fingerprint density at radius 2 is 1.54 bits per heavy atom. The van der Waals surface area contributed by atoms with Gasteiger partial charge >= 0.3 is 0 Å². The number of rotatable bonds is 5. The van der Waals surface area contributed by atoms with E-state index in [9.17, 15) is 13.2 Å². The molecule has 0 aliphatic carbocycles. The second-order valence-corrected chi connectivity index (χ2v) is 9.45. The second-order valence-electron chi connectivity index (χ2n) is 7.08. The van der Waals surface area contributed by atoms with Gasteiger partial charge < -0.3 is 9.64 Å². The number of carbonyl (C=O) groups is 1. The Hall–Kier alpha value is -2.09. The fourth-order valence-electron chi connectivity index (χ4n) is 3.09. The third kappa shape index (κ3) is 4.48. The summed E-state index contributed by atoms with van der Waals surface area (Å²) in [5.74, 6) is 0.368. The highest BCUT2D eigenvalue weighted by atomic mass is 35.5. The minimum absolute atomic E-state index is 0.181. The SMILES string of the molecule is CC(C)(Oc1ccc(Cl)cc1)C(=O)N1CCN(S(=O)(=O)c2ccccc2)CC1. The minimum Gasteiger partial charge on any atom is -0.478 e. The van der Waals surface area contributed by atoms with Gasteiger partial charge in [-0.05, 0) is 50.2 Å². The van der Waals surface area contributed by atoms with Crippen LogP contribution in [0, 0.1) is 0 Å². The lowest BCUT2D eigenvalue weighted by Gasteiger charge is -2.38. The molecule has 2 aromatic carbocycles. The van der Waals surface area contributed by atoms with E-state index in [4.69, 9.17) is 16.3 Å². The molecule has 1 heterocycles. The summed E-state index contributed by atoms with van der Waals surface area (Å²) in [4.78, 5) is 14.8. The molecule has 8 heteroatoms. The molecule has 0 atom stereocenters. The van der Waals surface area contributed by atoms with Crippen LogP contribution < -0.4 is 4.74 Å². The average Bonchev–Trinajstić information content (AvgIpc) is 2.70. The predicted octanol–water partition coefficient (Wildman–Crippen LogP) is 3.03. The first-order valence-electron chi connectivity index (χ1n) is 8.99. The highest BCUT2D eigenvalue weighted by Gasteiger charge is 2.37. The summed E-state index contributed by atoms with van der Waals surface area (Å²) in [5, 5.41) is 0.590. The van der Waals surface area contributed by atoms with Gasteiger partial charge in [0.15, 0.2) is 5.60 Å². The molecule has 3 rings (SSSR count). The zero-order valence-electron chi connectivity index (χ0n) is 15.8. The van der Waals surface area contributed by atoms with Crippen LogP contribution in [0.4, 0.5) is 0 Å². The molecule has 6 nitrogen and oxygen atoms in total. The number of piperazine rings is 1. The van der Waals surface area contributed by atoms with E-state index in [-0.39, 0.29) is 23.9 Å². The van der Waals surface area contributed by atoms with Crippen LogP contribution in [0.2, 0.25) is 5.02 Å². The standard InChI is InChI=1S/C20H23ClN2O4S/c1-20(2,27-17-10-8-16(21)9-11-17)19(24)22-12-14-23(15-13-22)28(25,26)18-6-4-3-5-7-18/h3-11H,12-15H2,1-2H3. The van der Waals surface area contributed by atoms with E-state index in [0.29, 0.717) is 23.9 Å². The summed E-state index contributed by atoms with van der Waals surface area (Å²) >= 11 is 5.88. The van der Waals surface area contributed by atoms with Gasteiger partial charge in [-0.1, -0.05) is 29.8 Å². The molecule has 1 fully saturated rings. The van der Waals surface area contributed by atoms with Gasteiger partial charge in [-0.3, -0.25) is 4.79 Å². The van der Waals surface area contributed by atoms with Gasteiger partial charge in [0.25, 0.3) is 5.91 Å². The van der Waals surface area contributed by atoms with Crippen LogP contribution in [0.5, 0.6) is 5.75 Å². The first-order chi connectivity index (χ1) is 13.2. The number of halogens is 1. The van der Waals surface area contributed by atoms with E-state index in [1.165, 1.54) is 4.31 Å². The quantitative estimate of drug-likeness (QED) is 0.742. The molecule has 0 N–H and O–H groups in total. The largest absolute Gasteiger partial charge is 0.478 e. The zero-order valence-corrected chi connectivity index (χ0v) is 17.4. The lowest BCUT2D eigenvalue weighted by Crippen LogP contribution is -2.56. The van der Waals surface area contributed by atoms with Crippen molar-refractivity contribution in [3.63, 3.8) is 0 Å². The molecular formula is C20H23ClN2O4S. The third-order valence-electron chi connectivity index (χ3n) is 4.61. The fourth-order valence-corrected chi connectivity index (χ4v) is 4.66. The van der Waals surface area contributed by atoms with Gasteiger partial charge in [0.1, 0.15) is 5.75 Å². The van der Waals surface area contributed by atoms with Crippen LogP contribution in [-0.4, -0.2) is 55.3 Å². The lowest BCUT2D eigenvalue weighted by molar-refractivity contribution is -0.146. The topological polar surface area (TPSA) is 66.9 Å². The molecule has 2 aromatic rings. The molecule has 0 unspecified atom stereocenters. The molecule has 28 heavy (non-hydrogen) atoms. The Kier molecular flexibility index (Phi) is 5.98. The third-order valence-corrected chi connectivity index (χ3v) is 6.77. The molecule has 1 aliphatic heterocycles. The van der Waals surface area contributed by atoms with Crippen molar-refractivity contribution in [1.29, 1.82) is 0 Å². The van der Waals surface area contributed by atoms with Gasteiger partial charge in [-0.2, -0.15) is 4.31 Å². The number of hydrogen-bond donors (Lipinski definition) is 0. The molecular weight excluding hydrogens is 400 g/mol. The maximum atomic E-state index is 12.9. The summed E-state index contributed by atoms with van der Waals surface area (Å²) in [6.45, 7) is 4.55. The first-order valence-corrected chi connectivity index (χ1v) is 10.8. The first kappa shape index (κ1) is 20.6. The van der Waals surface area contributed by atoms with Crippen molar-refractivity contribution in [3.05, 3.63) is 59.6 Å². The Bertz CT molecular complexity index is 922. The number of benzene rings is 2. The number of nitrogens with zero attached hydrogens (tertiary/aromatic N) is 2. The number of ether oxygens (including phenoxy) is 1. The normalized spacial score (nSPS) is 16.0. The van der Waals surface area contributed by atoms with Crippen LogP contribution in [0.3, 0.4) is 0 Å². The van der Waals surface area contributed by atoms with Crippen LogP contribution in [0.1, 0.15) is 13.8 Å². The maximum Gasteiger partial charge on any atom is 0.266 e. The number of carbonyl (C=O) groups excluding carboxylic acids is 1. The maximum absolute atomic E-state index is 12.9. The van der Waals surface area contributed by atoms with E-state index in [1.807, 2.05) is 0 Å². The second kappa shape index (κ2) is 8.11. The smallest absolute Gasteiger partial charge is 0.266 e. The Morgan fingerprint density at radius 3 is 2.11 bits per heavy atom. The van der Waals surface area contributed by atoms with E-state index in [0.717, 1.165) is 0 Å². The fraction of sp³-hybridized carbons (Fsp3) is 0.350. The molecule has 1 aliphatic rings. The molecule has 1 saturated heterocycles. The van der Waals surface area contributed by atoms with E-state index in [1.54, 1.807) is 73.3 Å². The molecule has 1 amide bonds. The van der Waals surface area contributed by atoms with E-state index in [2.05, 4.69) is 0 Å². The van der Waals surface area contributed by atoms with Gasteiger partial charge in [-0.15, -0.1) is 0 Å². The van der Waals surface area contributed by atoms with Crippen molar-refractivity contribution in [1.82, 2.24) is 9.21 Å². The summed E-state index contributed by atoms with van der Waals surface area (Å²) < 4.78 is 32.7. The number of hydrogen-bond acceptors (Lipinski definition) is 4. The summed E-state index contributed by atoms with van der Waals surface area (Å²) in [5.41, 5.74) is -1.08. The van der Waals surface area contributed by atoms with Gasteiger partial charge in [0.05, 0.1) is 4.90 Å². The van der Waals surface area contributed by atoms with Crippen LogP contribution in [0.25, 0.3) is 0 Å². The Labute approximate surface area is 170 Å². The van der Waals surface area contributed by atoms with Crippen molar-refractivity contribution in [2.45, 2.75) is 24.3 Å². The Balaban J connectivity index is 1.63.